The molecule has 2 N–H and O–H groups in total. The SMILES string of the molecule is CC(c1cccc(OC(F)(F)F)c1)[C@@]1(O)CCCCC1N1C[C@@H](C)N[C@@H](C)C1. The minimum Gasteiger partial charge on any atom is -0.406 e. The second-order valence-electron chi connectivity index (χ2n) is 8.52. The lowest BCUT2D eigenvalue weighted by Crippen LogP contribution is -2.64. The molecule has 3 rings (SSSR count). The second kappa shape index (κ2) is 8.20. The molecule has 0 bridgehead atoms. The Bertz CT molecular complexity index is 659. The number of benzene rings is 1. The average molecular weight is 400 g/mol. The number of ether oxygens (including phenoxy) is 1. The highest BCUT2D eigenvalue weighted by Gasteiger charge is 2.47. The number of hydrogen-bond donors (Lipinski definition) is 2. The summed E-state index contributed by atoms with van der Waals surface area (Å²) in [6.45, 7) is 7.93. The van der Waals surface area contributed by atoms with E-state index >= 15 is 0 Å². The predicted molar refractivity (Wildman–Crippen MR) is 102 cm³/mol. The molecule has 1 aliphatic heterocycles. The molecule has 0 amide bonds. The van der Waals surface area contributed by atoms with Gasteiger partial charge in [-0.05, 0) is 44.4 Å². The largest absolute Gasteiger partial charge is 0.573 e. The molecule has 0 aromatic heterocycles. The van der Waals surface area contributed by atoms with Crippen molar-refractivity contribution in [2.45, 2.75) is 82.5 Å². The summed E-state index contributed by atoms with van der Waals surface area (Å²) < 4.78 is 41.9. The molecule has 1 aliphatic carbocycles. The third-order valence-corrected chi connectivity index (χ3v) is 6.25. The van der Waals surface area contributed by atoms with E-state index in [-0.39, 0.29) is 17.7 Å². The summed E-state index contributed by atoms with van der Waals surface area (Å²) in [5.41, 5.74) is -0.307. The fraction of sp³-hybridized carbons (Fsp3) is 0.714. The first-order chi connectivity index (χ1) is 13.1. The van der Waals surface area contributed by atoms with Gasteiger partial charge in [0.1, 0.15) is 5.75 Å². The van der Waals surface area contributed by atoms with Gasteiger partial charge in [-0.25, -0.2) is 0 Å². The van der Waals surface area contributed by atoms with Crippen LogP contribution in [0, 0.1) is 0 Å². The van der Waals surface area contributed by atoms with Crippen molar-refractivity contribution >= 4 is 0 Å². The van der Waals surface area contributed by atoms with Crippen LogP contribution in [-0.2, 0) is 0 Å². The van der Waals surface area contributed by atoms with Gasteiger partial charge in [0, 0.05) is 37.1 Å². The van der Waals surface area contributed by atoms with Crippen LogP contribution in [0.3, 0.4) is 0 Å². The molecule has 2 fully saturated rings. The molecule has 158 valence electrons. The molecule has 1 saturated carbocycles. The summed E-state index contributed by atoms with van der Waals surface area (Å²) in [4.78, 5) is 2.37. The van der Waals surface area contributed by atoms with Gasteiger partial charge < -0.3 is 15.2 Å². The Morgan fingerprint density at radius 2 is 1.89 bits per heavy atom. The predicted octanol–water partition coefficient (Wildman–Crippen LogP) is 4.04. The fourth-order valence-electron chi connectivity index (χ4n) is 5.06. The van der Waals surface area contributed by atoms with Gasteiger partial charge in [-0.3, -0.25) is 4.90 Å². The van der Waals surface area contributed by atoms with E-state index in [4.69, 9.17) is 0 Å². The van der Waals surface area contributed by atoms with Crippen molar-refractivity contribution < 1.29 is 23.0 Å². The van der Waals surface area contributed by atoms with E-state index in [0.717, 1.165) is 32.4 Å². The number of nitrogens with zero attached hydrogens (tertiary/aromatic N) is 1. The zero-order valence-electron chi connectivity index (χ0n) is 16.8. The molecule has 2 unspecified atom stereocenters. The first-order valence-corrected chi connectivity index (χ1v) is 10.2. The van der Waals surface area contributed by atoms with Crippen molar-refractivity contribution in [3.63, 3.8) is 0 Å². The maximum absolute atomic E-state index is 12.6. The van der Waals surface area contributed by atoms with Gasteiger partial charge >= 0.3 is 6.36 Å². The first kappa shape index (κ1) is 21.4. The van der Waals surface area contributed by atoms with Crippen LogP contribution in [0.4, 0.5) is 13.2 Å². The van der Waals surface area contributed by atoms with Crippen LogP contribution in [0.2, 0.25) is 0 Å². The van der Waals surface area contributed by atoms with Crippen LogP contribution in [0.25, 0.3) is 0 Å². The third kappa shape index (κ3) is 4.81. The highest BCUT2D eigenvalue weighted by molar-refractivity contribution is 5.33. The highest BCUT2D eigenvalue weighted by atomic mass is 19.4. The second-order valence-corrected chi connectivity index (χ2v) is 8.52. The van der Waals surface area contributed by atoms with Gasteiger partial charge in [0.05, 0.1) is 5.60 Å². The van der Waals surface area contributed by atoms with Crippen molar-refractivity contribution in [2.75, 3.05) is 13.1 Å². The molecule has 0 radical (unpaired) electrons. The first-order valence-electron chi connectivity index (χ1n) is 10.2. The zero-order chi connectivity index (χ0) is 20.5. The molecule has 0 spiro atoms. The molecular formula is C21H31F3N2O2. The van der Waals surface area contributed by atoms with Crippen molar-refractivity contribution in [3.05, 3.63) is 29.8 Å². The van der Waals surface area contributed by atoms with Crippen LogP contribution in [0.15, 0.2) is 24.3 Å². The lowest BCUT2D eigenvalue weighted by Gasteiger charge is -2.52. The summed E-state index contributed by atoms with van der Waals surface area (Å²) in [6.07, 6.45) is -1.19. The van der Waals surface area contributed by atoms with Crippen LogP contribution in [0.1, 0.15) is 57.9 Å². The van der Waals surface area contributed by atoms with Gasteiger partial charge in [0.2, 0.25) is 0 Å². The minimum absolute atomic E-state index is 0.00422. The highest BCUT2D eigenvalue weighted by Crippen LogP contribution is 2.43. The molecular weight excluding hydrogens is 369 g/mol. The van der Waals surface area contributed by atoms with Gasteiger partial charge in [-0.15, -0.1) is 13.2 Å². The van der Waals surface area contributed by atoms with E-state index in [1.165, 1.54) is 12.1 Å². The van der Waals surface area contributed by atoms with E-state index in [0.29, 0.717) is 24.1 Å². The normalized spacial score (nSPS) is 33.5. The molecule has 1 aromatic carbocycles. The lowest BCUT2D eigenvalue weighted by molar-refractivity contribution is -0.274. The number of aliphatic hydroxyl groups is 1. The number of rotatable bonds is 4. The monoisotopic (exact) mass is 400 g/mol. The Balaban J connectivity index is 1.85. The summed E-state index contributed by atoms with van der Waals surface area (Å²) in [5, 5.41) is 15.3. The maximum atomic E-state index is 12.6. The van der Waals surface area contributed by atoms with Gasteiger partial charge in [0.25, 0.3) is 0 Å². The smallest absolute Gasteiger partial charge is 0.406 e. The van der Waals surface area contributed by atoms with Crippen LogP contribution >= 0.6 is 0 Å². The van der Waals surface area contributed by atoms with Crippen molar-refractivity contribution in [2.24, 2.45) is 0 Å². The number of halogens is 3. The van der Waals surface area contributed by atoms with Crippen LogP contribution in [0.5, 0.6) is 5.75 Å². The van der Waals surface area contributed by atoms with E-state index in [9.17, 15) is 18.3 Å². The molecule has 1 aromatic rings. The maximum Gasteiger partial charge on any atom is 0.573 e. The van der Waals surface area contributed by atoms with Gasteiger partial charge in [-0.1, -0.05) is 31.9 Å². The van der Waals surface area contributed by atoms with E-state index in [1.807, 2.05) is 6.92 Å². The molecule has 1 saturated heterocycles. The standard InChI is InChI=1S/C21H31F3N2O2/c1-14-12-26(13-15(2)25-14)19-9-4-5-10-20(19,27)16(3)17-7-6-8-18(11-17)28-21(22,23)24/h6-8,11,14-16,19,25,27H,4-5,9-10,12-13H2,1-3H3/t14-,15+,16?,19?,20-/m0/s1. The third-order valence-electron chi connectivity index (χ3n) is 6.25. The van der Waals surface area contributed by atoms with Gasteiger partial charge in [0.15, 0.2) is 0 Å². The number of nitrogens with one attached hydrogen (secondary N) is 1. The summed E-state index contributed by atoms with van der Waals surface area (Å²) in [6, 6.07) is 6.72. The Morgan fingerprint density at radius 3 is 2.54 bits per heavy atom. The minimum atomic E-state index is -4.72. The Labute approximate surface area is 165 Å². The topological polar surface area (TPSA) is 44.7 Å². The summed E-state index contributed by atoms with van der Waals surface area (Å²) in [5.74, 6) is -0.535. The van der Waals surface area contributed by atoms with Crippen LogP contribution < -0.4 is 10.1 Å². The Hall–Kier alpha value is -1.31. The summed E-state index contributed by atoms with van der Waals surface area (Å²) in [7, 11) is 0. The molecule has 5 atom stereocenters. The Kier molecular flexibility index (Phi) is 6.27. The van der Waals surface area contributed by atoms with Crippen LogP contribution in [-0.4, -0.2) is 53.2 Å². The number of piperazine rings is 1. The molecule has 2 aliphatic rings. The fourth-order valence-corrected chi connectivity index (χ4v) is 5.06. The summed E-state index contributed by atoms with van der Waals surface area (Å²) >= 11 is 0. The van der Waals surface area contributed by atoms with Gasteiger partial charge in [-0.2, -0.15) is 0 Å². The van der Waals surface area contributed by atoms with E-state index < -0.39 is 12.0 Å². The quantitative estimate of drug-likeness (QED) is 0.801. The van der Waals surface area contributed by atoms with Crippen molar-refractivity contribution in [3.8, 4) is 5.75 Å². The molecule has 7 heteroatoms. The number of hydrogen-bond acceptors (Lipinski definition) is 4. The molecule has 4 nitrogen and oxygen atoms in total. The average Bonchev–Trinajstić information content (AvgIpc) is 2.59. The van der Waals surface area contributed by atoms with E-state index in [2.05, 4.69) is 28.8 Å². The molecule has 1 heterocycles. The number of alkyl halides is 3. The van der Waals surface area contributed by atoms with E-state index in [1.54, 1.807) is 12.1 Å². The molecule has 28 heavy (non-hydrogen) atoms. The van der Waals surface area contributed by atoms with Crippen molar-refractivity contribution in [1.82, 2.24) is 10.2 Å². The zero-order valence-corrected chi connectivity index (χ0v) is 16.8. The van der Waals surface area contributed by atoms with Crippen molar-refractivity contribution in [1.29, 1.82) is 0 Å². The Morgan fingerprint density at radius 1 is 1.21 bits per heavy atom. The lowest BCUT2D eigenvalue weighted by atomic mass is 9.69.